The maximum absolute atomic E-state index is 12.3. The number of rotatable bonds is 7. The Bertz CT molecular complexity index is 767. The molecule has 0 fully saturated rings. The molecule has 2 aromatic rings. The summed E-state index contributed by atoms with van der Waals surface area (Å²) in [6.07, 6.45) is -3.28. The molecule has 0 aliphatic heterocycles. The van der Waals surface area contributed by atoms with Crippen molar-refractivity contribution in [2.45, 2.75) is 12.2 Å². The molecule has 1 unspecified atom stereocenters. The Balaban J connectivity index is 1.98. The van der Waals surface area contributed by atoms with Crippen LogP contribution in [0.25, 0.3) is 0 Å². The molecule has 0 aliphatic carbocycles. The smallest absolute Gasteiger partial charge is 0.422 e. The van der Waals surface area contributed by atoms with E-state index in [1.54, 1.807) is 6.07 Å². The normalized spacial score (nSPS) is 12.7. The Morgan fingerprint density at radius 3 is 2.52 bits per heavy atom. The minimum atomic E-state index is -4.45. The number of pyridine rings is 1. The van der Waals surface area contributed by atoms with Crippen LogP contribution in [0, 0.1) is 0 Å². The summed E-state index contributed by atoms with van der Waals surface area (Å²) in [5.74, 6) is -0.602. The Hall–Kier alpha value is -2.32. The lowest BCUT2D eigenvalue weighted by Gasteiger charge is -2.26. The second-order valence-electron chi connectivity index (χ2n) is 6.00. The van der Waals surface area contributed by atoms with E-state index in [1.807, 2.05) is 37.2 Å². The van der Waals surface area contributed by atoms with Crippen molar-refractivity contribution in [3.05, 3.63) is 58.7 Å². The van der Waals surface area contributed by atoms with Crippen molar-refractivity contribution in [3.8, 4) is 5.88 Å². The van der Waals surface area contributed by atoms with Gasteiger partial charge in [-0.1, -0.05) is 29.8 Å². The number of likely N-dealkylation sites (N-methyl/N-ethyl adjacent to an activating group) is 1. The number of aromatic nitrogens is 1. The summed E-state index contributed by atoms with van der Waals surface area (Å²) in [5.41, 5.74) is 1.09. The highest BCUT2D eigenvalue weighted by Gasteiger charge is 2.28. The van der Waals surface area contributed by atoms with Crippen molar-refractivity contribution in [2.75, 3.05) is 27.2 Å². The number of nitrogens with one attached hydrogen (secondary N) is 1. The molecule has 0 bridgehead atoms. The second kappa shape index (κ2) is 9.05. The minimum Gasteiger partial charge on any atom is -0.468 e. The highest BCUT2D eigenvalue weighted by molar-refractivity contribution is 6.31. The van der Waals surface area contributed by atoms with Gasteiger partial charge in [0.2, 0.25) is 5.88 Å². The number of hydrogen-bond acceptors (Lipinski definition) is 4. The number of hydrogen-bond donors (Lipinski definition) is 1. The largest absolute Gasteiger partial charge is 0.468 e. The van der Waals surface area contributed by atoms with Crippen molar-refractivity contribution >= 4 is 17.5 Å². The summed E-state index contributed by atoms with van der Waals surface area (Å²) in [5, 5.41) is 3.38. The maximum atomic E-state index is 12.3. The summed E-state index contributed by atoms with van der Waals surface area (Å²) in [7, 11) is 3.74. The molecule has 1 N–H and O–H groups in total. The van der Waals surface area contributed by atoms with Gasteiger partial charge in [-0.25, -0.2) is 4.98 Å². The summed E-state index contributed by atoms with van der Waals surface area (Å²) in [6, 6.07) is 9.78. The fourth-order valence-corrected chi connectivity index (χ4v) is 2.62. The number of alkyl halides is 3. The Morgan fingerprint density at radius 2 is 1.96 bits per heavy atom. The van der Waals surface area contributed by atoms with Crippen LogP contribution < -0.4 is 10.1 Å². The lowest BCUT2D eigenvalue weighted by atomic mass is 10.1. The second-order valence-corrected chi connectivity index (χ2v) is 6.41. The van der Waals surface area contributed by atoms with Gasteiger partial charge in [0.1, 0.15) is 0 Å². The molecule has 9 heteroatoms. The van der Waals surface area contributed by atoms with E-state index in [0.717, 1.165) is 5.56 Å². The van der Waals surface area contributed by atoms with E-state index in [2.05, 4.69) is 15.0 Å². The Labute approximate surface area is 160 Å². The van der Waals surface area contributed by atoms with Gasteiger partial charge in [-0.15, -0.1) is 0 Å². The van der Waals surface area contributed by atoms with Crippen LogP contribution in [-0.4, -0.2) is 49.2 Å². The summed E-state index contributed by atoms with van der Waals surface area (Å²) in [6.45, 7) is -1.14. The molecule has 0 aliphatic rings. The quantitative estimate of drug-likeness (QED) is 0.768. The van der Waals surface area contributed by atoms with Crippen LogP contribution in [0.5, 0.6) is 5.88 Å². The maximum Gasteiger partial charge on any atom is 0.422 e. The van der Waals surface area contributed by atoms with E-state index in [9.17, 15) is 18.0 Å². The topological polar surface area (TPSA) is 54.5 Å². The number of ether oxygens (including phenoxy) is 1. The lowest BCUT2D eigenvalue weighted by molar-refractivity contribution is -0.154. The zero-order chi connectivity index (χ0) is 20.0. The molecule has 27 heavy (non-hydrogen) atoms. The van der Waals surface area contributed by atoms with Gasteiger partial charge in [-0.3, -0.25) is 4.79 Å². The average molecular weight is 402 g/mol. The average Bonchev–Trinajstić information content (AvgIpc) is 2.61. The van der Waals surface area contributed by atoms with Crippen molar-refractivity contribution in [1.29, 1.82) is 0 Å². The predicted molar refractivity (Wildman–Crippen MR) is 96.0 cm³/mol. The summed E-state index contributed by atoms with van der Waals surface area (Å²) in [4.78, 5) is 17.9. The third-order valence-electron chi connectivity index (χ3n) is 3.73. The number of nitrogens with zero attached hydrogens (tertiary/aromatic N) is 2. The van der Waals surface area contributed by atoms with Crippen LogP contribution in [0.4, 0.5) is 13.2 Å². The molecule has 1 aromatic carbocycles. The molecule has 2 rings (SSSR count). The van der Waals surface area contributed by atoms with Crippen molar-refractivity contribution in [2.24, 2.45) is 0 Å². The molecular formula is C18H19ClF3N3O2. The van der Waals surface area contributed by atoms with Crippen LogP contribution in [0.1, 0.15) is 22.0 Å². The van der Waals surface area contributed by atoms with Gasteiger partial charge >= 0.3 is 6.18 Å². The Kier molecular flexibility index (Phi) is 7.04. The van der Waals surface area contributed by atoms with Crippen LogP contribution >= 0.6 is 11.6 Å². The molecule has 0 saturated carbocycles. The predicted octanol–water partition coefficient (Wildman–Crippen LogP) is 3.71. The first-order valence-corrected chi connectivity index (χ1v) is 8.40. The summed E-state index contributed by atoms with van der Waals surface area (Å²) < 4.78 is 40.9. The Morgan fingerprint density at radius 1 is 1.26 bits per heavy atom. The highest BCUT2D eigenvalue weighted by Crippen LogP contribution is 2.25. The standard InChI is InChI=1S/C18H19ClF3N3O2/c1-25(2)15(13-5-3-4-6-14(13)19)10-24-17(26)12-7-8-16(23-9-12)27-11-18(20,21)22/h3-9,15H,10-11H2,1-2H3,(H,24,26). The van der Waals surface area contributed by atoms with E-state index in [4.69, 9.17) is 11.6 Å². The zero-order valence-electron chi connectivity index (χ0n) is 14.8. The van der Waals surface area contributed by atoms with E-state index in [0.29, 0.717) is 11.6 Å². The highest BCUT2D eigenvalue weighted by atomic mass is 35.5. The third-order valence-corrected chi connectivity index (χ3v) is 4.07. The summed E-state index contributed by atoms with van der Waals surface area (Å²) >= 11 is 6.23. The molecular weight excluding hydrogens is 383 g/mol. The first kappa shape index (κ1) is 21.0. The molecule has 5 nitrogen and oxygen atoms in total. The van der Waals surface area contributed by atoms with E-state index < -0.39 is 18.7 Å². The van der Waals surface area contributed by atoms with Crippen LogP contribution in [0.15, 0.2) is 42.6 Å². The molecule has 1 amide bonds. The number of benzene rings is 1. The van der Waals surface area contributed by atoms with Gasteiger partial charge in [0.05, 0.1) is 11.6 Å². The molecule has 0 saturated heterocycles. The van der Waals surface area contributed by atoms with Gasteiger partial charge in [0.25, 0.3) is 5.91 Å². The van der Waals surface area contributed by atoms with Crippen molar-refractivity contribution in [3.63, 3.8) is 0 Å². The first-order valence-electron chi connectivity index (χ1n) is 8.02. The minimum absolute atomic E-state index is 0.148. The zero-order valence-corrected chi connectivity index (χ0v) is 15.5. The van der Waals surface area contributed by atoms with E-state index in [-0.39, 0.29) is 17.5 Å². The van der Waals surface area contributed by atoms with Crippen molar-refractivity contribution in [1.82, 2.24) is 15.2 Å². The lowest BCUT2D eigenvalue weighted by Crippen LogP contribution is -2.34. The van der Waals surface area contributed by atoms with Gasteiger partial charge in [-0.05, 0) is 31.8 Å². The number of halogens is 4. The molecule has 0 radical (unpaired) electrons. The van der Waals surface area contributed by atoms with Gasteiger partial charge in [0.15, 0.2) is 6.61 Å². The molecule has 0 spiro atoms. The van der Waals surface area contributed by atoms with Crippen LogP contribution in [-0.2, 0) is 0 Å². The fraction of sp³-hybridized carbons (Fsp3) is 0.333. The molecule has 1 atom stereocenters. The van der Waals surface area contributed by atoms with E-state index in [1.165, 1.54) is 18.3 Å². The van der Waals surface area contributed by atoms with Gasteiger partial charge < -0.3 is 15.0 Å². The first-order chi connectivity index (χ1) is 12.7. The number of carbonyl (C=O) groups excluding carboxylic acids is 1. The van der Waals surface area contributed by atoms with Crippen LogP contribution in [0.2, 0.25) is 5.02 Å². The van der Waals surface area contributed by atoms with Crippen LogP contribution in [0.3, 0.4) is 0 Å². The molecule has 1 aromatic heterocycles. The fourth-order valence-electron chi connectivity index (χ4n) is 2.36. The third kappa shape index (κ3) is 6.41. The number of carbonyl (C=O) groups is 1. The van der Waals surface area contributed by atoms with Gasteiger partial charge in [0, 0.05) is 23.8 Å². The van der Waals surface area contributed by atoms with Crippen molar-refractivity contribution < 1.29 is 22.7 Å². The SMILES string of the molecule is CN(C)C(CNC(=O)c1ccc(OCC(F)(F)F)nc1)c1ccccc1Cl. The molecule has 146 valence electrons. The monoisotopic (exact) mass is 401 g/mol. The van der Waals surface area contributed by atoms with Gasteiger partial charge in [-0.2, -0.15) is 13.2 Å². The number of amides is 1. The van der Waals surface area contributed by atoms with E-state index >= 15 is 0 Å². The molecule has 1 heterocycles.